The van der Waals surface area contributed by atoms with Crippen molar-refractivity contribution in [2.75, 3.05) is 0 Å². The molecule has 0 fully saturated rings. The van der Waals surface area contributed by atoms with E-state index in [0.29, 0.717) is 12.0 Å². The van der Waals surface area contributed by atoms with Gasteiger partial charge in [-0.1, -0.05) is 26.5 Å². The summed E-state index contributed by atoms with van der Waals surface area (Å²) in [6.45, 7) is 8.65. The first kappa shape index (κ1) is 12.4. The number of hydrogen-bond acceptors (Lipinski definition) is 4. The lowest BCUT2D eigenvalue weighted by Crippen LogP contribution is -2.11. The molecule has 0 unspecified atom stereocenters. The van der Waals surface area contributed by atoms with Crippen molar-refractivity contribution in [1.29, 1.82) is 0 Å². The van der Waals surface area contributed by atoms with E-state index in [2.05, 4.69) is 22.9 Å². The number of carbonyl (C=O) groups excluding carboxylic acids is 2. The summed E-state index contributed by atoms with van der Waals surface area (Å²) in [7, 11) is 0. The number of unbranched alkanes of at least 4 members (excludes halogenated alkanes) is 1. The zero-order valence-electron chi connectivity index (χ0n) is 8.25. The Hall–Kier alpha value is -1.58. The predicted molar refractivity (Wildman–Crippen MR) is 51.0 cm³/mol. The Labute approximate surface area is 83.1 Å². The fourth-order valence-corrected chi connectivity index (χ4v) is 0.664. The van der Waals surface area contributed by atoms with Crippen LogP contribution >= 0.6 is 0 Å². The first-order valence-electron chi connectivity index (χ1n) is 4.34. The molecule has 0 aromatic carbocycles. The lowest BCUT2D eigenvalue weighted by atomic mass is 10.1. The predicted octanol–water partition coefficient (Wildman–Crippen LogP) is 1.92. The van der Waals surface area contributed by atoms with E-state index in [1.165, 1.54) is 0 Å². The Kier molecular flexibility index (Phi) is 6.11. The van der Waals surface area contributed by atoms with E-state index >= 15 is 0 Å². The summed E-state index contributed by atoms with van der Waals surface area (Å²) >= 11 is 0. The van der Waals surface area contributed by atoms with Gasteiger partial charge in [0.1, 0.15) is 0 Å². The van der Waals surface area contributed by atoms with Gasteiger partial charge in [-0.2, -0.15) is 0 Å². The van der Waals surface area contributed by atoms with Crippen molar-refractivity contribution in [2.45, 2.75) is 26.2 Å². The molecule has 0 aliphatic rings. The average molecular weight is 198 g/mol. The highest BCUT2D eigenvalue weighted by atomic mass is 17.2. The van der Waals surface area contributed by atoms with Crippen LogP contribution in [0.2, 0.25) is 0 Å². The highest BCUT2D eigenvalue weighted by molar-refractivity contribution is 5.88. The van der Waals surface area contributed by atoms with Gasteiger partial charge in [0.2, 0.25) is 0 Å². The van der Waals surface area contributed by atoms with Crippen molar-refractivity contribution in [3.05, 3.63) is 24.8 Å². The largest absolute Gasteiger partial charge is 0.381 e. The Morgan fingerprint density at radius 3 is 2.50 bits per heavy atom. The van der Waals surface area contributed by atoms with Crippen LogP contribution in [0.1, 0.15) is 26.2 Å². The lowest BCUT2D eigenvalue weighted by Gasteiger charge is -2.02. The molecule has 78 valence electrons. The van der Waals surface area contributed by atoms with E-state index in [-0.39, 0.29) is 0 Å². The monoisotopic (exact) mass is 198 g/mol. The Morgan fingerprint density at radius 2 is 2.00 bits per heavy atom. The van der Waals surface area contributed by atoms with Gasteiger partial charge in [0.25, 0.3) is 0 Å². The Morgan fingerprint density at radius 1 is 1.36 bits per heavy atom. The standard InChI is InChI=1S/C10H14O4/c1-4-6-7-8(3)10(12)14-13-9(11)5-2/h5H,2-4,6-7H2,1H3. The SMILES string of the molecule is C=CC(=O)OOC(=O)C(=C)CCCC. The molecular weight excluding hydrogens is 184 g/mol. The van der Waals surface area contributed by atoms with E-state index in [1.807, 2.05) is 6.92 Å². The molecule has 14 heavy (non-hydrogen) atoms. The third-order valence-corrected chi connectivity index (χ3v) is 1.49. The van der Waals surface area contributed by atoms with Crippen molar-refractivity contribution >= 4 is 11.9 Å². The van der Waals surface area contributed by atoms with Crippen LogP contribution < -0.4 is 0 Å². The molecule has 0 atom stereocenters. The van der Waals surface area contributed by atoms with Crippen LogP contribution in [0.5, 0.6) is 0 Å². The van der Waals surface area contributed by atoms with E-state index in [4.69, 9.17) is 0 Å². The van der Waals surface area contributed by atoms with Gasteiger partial charge < -0.3 is 0 Å². The average Bonchev–Trinajstić information content (AvgIpc) is 2.21. The minimum Gasteiger partial charge on any atom is -0.242 e. The van der Waals surface area contributed by atoms with Crippen molar-refractivity contribution in [3.63, 3.8) is 0 Å². The molecule has 0 saturated carbocycles. The topological polar surface area (TPSA) is 52.6 Å². The van der Waals surface area contributed by atoms with E-state index < -0.39 is 11.9 Å². The van der Waals surface area contributed by atoms with Crippen molar-refractivity contribution < 1.29 is 19.4 Å². The van der Waals surface area contributed by atoms with E-state index in [0.717, 1.165) is 18.9 Å². The van der Waals surface area contributed by atoms with Crippen molar-refractivity contribution in [3.8, 4) is 0 Å². The van der Waals surface area contributed by atoms with Crippen LogP contribution in [0.15, 0.2) is 24.8 Å². The van der Waals surface area contributed by atoms with Gasteiger partial charge in [-0.15, -0.1) is 0 Å². The first-order valence-corrected chi connectivity index (χ1v) is 4.34. The minimum atomic E-state index is -0.804. The second-order valence-electron chi connectivity index (χ2n) is 2.68. The highest BCUT2D eigenvalue weighted by Crippen LogP contribution is 2.06. The van der Waals surface area contributed by atoms with Crippen LogP contribution in [0.4, 0.5) is 0 Å². The van der Waals surface area contributed by atoms with Crippen LogP contribution in [0.25, 0.3) is 0 Å². The molecule has 0 heterocycles. The molecule has 0 radical (unpaired) electrons. The van der Waals surface area contributed by atoms with Gasteiger partial charge in [-0.3, -0.25) is 0 Å². The smallest absolute Gasteiger partial charge is 0.242 e. The molecule has 0 aromatic heterocycles. The number of rotatable bonds is 5. The first-order chi connectivity index (χ1) is 6.61. The molecule has 0 rings (SSSR count). The second kappa shape index (κ2) is 6.88. The quantitative estimate of drug-likeness (QED) is 0.384. The molecule has 0 aromatic rings. The normalized spacial score (nSPS) is 8.93. The number of hydrogen-bond donors (Lipinski definition) is 0. The van der Waals surface area contributed by atoms with Crippen LogP contribution in [0.3, 0.4) is 0 Å². The summed E-state index contributed by atoms with van der Waals surface area (Å²) in [6.07, 6.45) is 3.26. The molecular formula is C10H14O4. The Bertz CT molecular complexity index is 243. The molecule has 0 spiro atoms. The van der Waals surface area contributed by atoms with Gasteiger partial charge in [0.15, 0.2) is 0 Å². The van der Waals surface area contributed by atoms with Crippen LogP contribution in [-0.4, -0.2) is 11.9 Å². The molecule has 0 aliphatic heterocycles. The lowest BCUT2D eigenvalue weighted by molar-refractivity contribution is -0.251. The van der Waals surface area contributed by atoms with Crippen LogP contribution in [-0.2, 0) is 19.4 Å². The summed E-state index contributed by atoms with van der Waals surface area (Å²) < 4.78 is 0. The summed E-state index contributed by atoms with van der Waals surface area (Å²) in [4.78, 5) is 29.8. The maximum Gasteiger partial charge on any atom is 0.381 e. The molecule has 0 N–H and O–H groups in total. The highest BCUT2D eigenvalue weighted by Gasteiger charge is 2.10. The number of carbonyl (C=O) groups is 2. The fraction of sp³-hybridized carbons (Fsp3) is 0.400. The maximum absolute atomic E-state index is 11.0. The zero-order valence-corrected chi connectivity index (χ0v) is 8.25. The van der Waals surface area contributed by atoms with Gasteiger partial charge in [0.05, 0.1) is 0 Å². The van der Waals surface area contributed by atoms with Gasteiger partial charge >= 0.3 is 11.9 Å². The van der Waals surface area contributed by atoms with E-state index in [1.54, 1.807) is 0 Å². The van der Waals surface area contributed by atoms with Gasteiger partial charge in [-0.05, 0) is 12.8 Å². The van der Waals surface area contributed by atoms with Crippen molar-refractivity contribution in [2.24, 2.45) is 0 Å². The summed E-state index contributed by atoms with van der Waals surface area (Å²) in [5, 5.41) is 0. The fourth-order valence-electron chi connectivity index (χ4n) is 0.664. The van der Waals surface area contributed by atoms with Gasteiger partial charge in [-0.25, -0.2) is 19.4 Å². The van der Waals surface area contributed by atoms with E-state index in [9.17, 15) is 9.59 Å². The summed E-state index contributed by atoms with van der Waals surface area (Å²) in [6, 6.07) is 0. The molecule has 0 amide bonds. The van der Waals surface area contributed by atoms with Crippen molar-refractivity contribution in [1.82, 2.24) is 0 Å². The third kappa shape index (κ3) is 5.13. The molecule has 4 heteroatoms. The maximum atomic E-state index is 11.0. The third-order valence-electron chi connectivity index (χ3n) is 1.49. The summed E-state index contributed by atoms with van der Waals surface area (Å²) in [5.41, 5.74) is 0.295. The molecule has 4 nitrogen and oxygen atoms in total. The Balaban J connectivity index is 3.78. The van der Waals surface area contributed by atoms with Gasteiger partial charge in [0, 0.05) is 11.6 Å². The molecule has 0 bridgehead atoms. The zero-order chi connectivity index (χ0) is 11.0. The van der Waals surface area contributed by atoms with Crippen LogP contribution in [0, 0.1) is 0 Å². The minimum absolute atomic E-state index is 0.295. The molecule has 0 saturated heterocycles. The molecule has 0 aliphatic carbocycles. The second-order valence-corrected chi connectivity index (χ2v) is 2.68. The summed E-state index contributed by atoms with van der Waals surface area (Å²) in [5.74, 6) is -1.52.